The topological polar surface area (TPSA) is 98.4 Å². The summed E-state index contributed by atoms with van der Waals surface area (Å²) in [7, 11) is 2.66. The van der Waals surface area contributed by atoms with Gasteiger partial charge < -0.3 is 28.7 Å². The van der Waals surface area contributed by atoms with Crippen molar-refractivity contribution in [1.82, 2.24) is 0 Å². The summed E-state index contributed by atoms with van der Waals surface area (Å²) < 4.78 is 21.4. The minimum atomic E-state index is -1.72. The van der Waals surface area contributed by atoms with Gasteiger partial charge in [-0.1, -0.05) is 0 Å². The van der Waals surface area contributed by atoms with Crippen LogP contribution in [0, 0.1) is 0 Å². The van der Waals surface area contributed by atoms with Crippen LogP contribution in [0.4, 0.5) is 0 Å². The lowest BCUT2D eigenvalue weighted by molar-refractivity contribution is 0.396. The Balaban J connectivity index is 2.24. The van der Waals surface area contributed by atoms with Crippen molar-refractivity contribution in [2.75, 3.05) is 21.3 Å². The number of rotatable bonds is 5. The SMILES string of the molecule is COc1cc(OC)c2c(=O)cc(-c3ccc(OC)c(B(O)O)c3)oc2c1. The molecule has 8 heteroatoms. The lowest BCUT2D eigenvalue weighted by Gasteiger charge is -2.11. The van der Waals surface area contributed by atoms with Crippen LogP contribution < -0.4 is 25.1 Å². The smallest absolute Gasteiger partial charge is 0.492 e. The van der Waals surface area contributed by atoms with Crippen molar-refractivity contribution in [3.8, 4) is 28.6 Å². The average Bonchev–Trinajstić information content (AvgIpc) is 2.66. The molecule has 3 aromatic rings. The number of ether oxygens (including phenoxy) is 3. The Morgan fingerprint density at radius 2 is 1.65 bits per heavy atom. The Bertz CT molecular complexity index is 1010. The highest BCUT2D eigenvalue weighted by atomic mass is 16.5. The van der Waals surface area contributed by atoms with E-state index in [0.29, 0.717) is 33.8 Å². The molecule has 0 saturated heterocycles. The monoisotopic (exact) mass is 356 g/mol. The number of methoxy groups -OCH3 is 3. The van der Waals surface area contributed by atoms with E-state index in [2.05, 4.69) is 0 Å². The van der Waals surface area contributed by atoms with Gasteiger partial charge >= 0.3 is 7.12 Å². The normalized spacial score (nSPS) is 10.7. The second-order valence-electron chi connectivity index (χ2n) is 5.51. The first-order valence-electron chi connectivity index (χ1n) is 7.72. The molecule has 0 aliphatic carbocycles. The van der Waals surface area contributed by atoms with Gasteiger partial charge in [0.2, 0.25) is 0 Å². The van der Waals surface area contributed by atoms with E-state index in [1.165, 1.54) is 33.5 Å². The molecular formula is C18H17BO7. The van der Waals surface area contributed by atoms with Crippen LogP contribution >= 0.6 is 0 Å². The summed E-state index contributed by atoms with van der Waals surface area (Å²) in [5, 5.41) is 19.3. The van der Waals surface area contributed by atoms with Crippen LogP contribution in [0.15, 0.2) is 45.6 Å². The van der Waals surface area contributed by atoms with E-state index >= 15 is 0 Å². The number of hydrogen-bond acceptors (Lipinski definition) is 7. The molecule has 3 rings (SSSR count). The van der Waals surface area contributed by atoms with Crippen molar-refractivity contribution in [1.29, 1.82) is 0 Å². The summed E-state index contributed by atoms with van der Waals surface area (Å²) in [5.41, 5.74) is 0.666. The van der Waals surface area contributed by atoms with E-state index in [4.69, 9.17) is 18.6 Å². The van der Waals surface area contributed by atoms with Crippen molar-refractivity contribution in [2.45, 2.75) is 0 Å². The molecule has 0 aliphatic rings. The van der Waals surface area contributed by atoms with Crippen molar-refractivity contribution in [3.05, 3.63) is 46.6 Å². The highest BCUT2D eigenvalue weighted by Gasteiger charge is 2.19. The summed E-state index contributed by atoms with van der Waals surface area (Å²) in [6.07, 6.45) is 0. The lowest BCUT2D eigenvalue weighted by atomic mass is 9.78. The van der Waals surface area contributed by atoms with Crippen LogP contribution in [-0.4, -0.2) is 38.5 Å². The number of fused-ring (bicyclic) bond motifs is 1. The lowest BCUT2D eigenvalue weighted by Crippen LogP contribution is -2.31. The third kappa shape index (κ3) is 3.12. The van der Waals surface area contributed by atoms with Crippen molar-refractivity contribution in [2.24, 2.45) is 0 Å². The van der Waals surface area contributed by atoms with E-state index < -0.39 is 7.12 Å². The van der Waals surface area contributed by atoms with Crippen molar-refractivity contribution >= 4 is 23.6 Å². The molecule has 0 aliphatic heterocycles. The van der Waals surface area contributed by atoms with Crippen molar-refractivity contribution in [3.63, 3.8) is 0 Å². The van der Waals surface area contributed by atoms with Gasteiger partial charge in [0.25, 0.3) is 0 Å². The molecule has 0 amide bonds. The summed E-state index contributed by atoms with van der Waals surface area (Å²) in [5.74, 6) is 1.41. The fraction of sp³-hybridized carbons (Fsp3) is 0.167. The first-order chi connectivity index (χ1) is 12.5. The van der Waals surface area contributed by atoms with Gasteiger partial charge in [-0.15, -0.1) is 0 Å². The van der Waals surface area contributed by atoms with Crippen LogP contribution in [0.5, 0.6) is 17.2 Å². The second-order valence-corrected chi connectivity index (χ2v) is 5.51. The molecule has 0 bridgehead atoms. The highest BCUT2D eigenvalue weighted by molar-refractivity contribution is 6.59. The third-order valence-corrected chi connectivity index (χ3v) is 4.02. The fourth-order valence-corrected chi connectivity index (χ4v) is 2.74. The molecule has 2 N–H and O–H groups in total. The fourth-order valence-electron chi connectivity index (χ4n) is 2.74. The predicted octanol–water partition coefficient (Wildman–Crippen LogP) is 1.17. The minimum Gasteiger partial charge on any atom is -0.497 e. The Hall–Kier alpha value is -2.97. The van der Waals surface area contributed by atoms with Gasteiger partial charge in [0.1, 0.15) is 34.0 Å². The summed E-state index contributed by atoms with van der Waals surface area (Å²) in [6, 6.07) is 9.24. The molecule has 0 unspecified atom stereocenters. The molecule has 0 spiro atoms. The minimum absolute atomic E-state index is 0.163. The van der Waals surface area contributed by atoms with Gasteiger partial charge in [0.15, 0.2) is 5.43 Å². The Kier molecular flexibility index (Phi) is 4.88. The van der Waals surface area contributed by atoms with Gasteiger partial charge in [-0.2, -0.15) is 0 Å². The van der Waals surface area contributed by atoms with Crippen LogP contribution in [0.25, 0.3) is 22.3 Å². The first-order valence-corrected chi connectivity index (χ1v) is 7.72. The summed E-state index contributed by atoms with van der Waals surface area (Å²) >= 11 is 0. The van der Waals surface area contributed by atoms with Gasteiger partial charge in [-0.25, -0.2) is 0 Å². The molecule has 26 heavy (non-hydrogen) atoms. The zero-order valence-corrected chi connectivity index (χ0v) is 14.5. The molecule has 0 atom stereocenters. The molecule has 1 aromatic heterocycles. The third-order valence-electron chi connectivity index (χ3n) is 4.02. The zero-order chi connectivity index (χ0) is 18.8. The Labute approximate surface area is 149 Å². The number of hydrogen-bond donors (Lipinski definition) is 2. The van der Waals surface area contributed by atoms with Gasteiger partial charge in [-0.3, -0.25) is 4.79 Å². The Morgan fingerprint density at radius 1 is 0.923 bits per heavy atom. The number of benzene rings is 2. The van der Waals surface area contributed by atoms with Gasteiger partial charge in [-0.05, 0) is 18.2 Å². The molecule has 7 nitrogen and oxygen atoms in total. The predicted molar refractivity (Wildman–Crippen MR) is 97.4 cm³/mol. The maximum Gasteiger partial charge on any atom is 0.492 e. The van der Waals surface area contributed by atoms with Gasteiger partial charge in [0, 0.05) is 29.2 Å². The van der Waals surface area contributed by atoms with E-state index in [1.54, 1.807) is 24.3 Å². The van der Waals surface area contributed by atoms with Gasteiger partial charge in [0.05, 0.1) is 21.3 Å². The average molecular weight is 356 g/mol. The van der Waals surface area contributed by atoms with Crippen LogP contribution in [0.2, 0.25) is 0 Å². The molecule has 0 fully saturated rings. The van der Waals surface area contributed by atoms with E-state index in [9.17, 15) is 14.8 Å². The maximum atomic E-state index is 12.6. The first kappa shape index (κ1) is 17.8. The quantitative estimate of drug-likeness (QED) is 0.662. The van der Waals surface area contributed by atoms with Crippen LogP contribution in [0.3, 0.4) is 0 Å². The molecule has 0 radical (unpaired) electrons. The summed E-state index contributed by atoms with van der Waals surface area (Å²) in [6.45, 7) is 0. The molecule has 0 saturated carbocycles. The summed E-state index contributed by atoms with van der Waals surface area (Å²) in [4.78, 5) is 12.6. The van der Waals surface area contributed by atoms with E-state index in [0.717, 1.165) is 0 Å². The Morgan fingerprint density at radius 3 is 2.27 bits per heavy atom. The highest BCUT2D eigenvalue weighted by Crippen LogP contribution is 2.31. The van der Waals surface area contributed by atoms with E-state index in [-0.39, 0.29) is 16.7 Å². The second kappa shape index (κ2) is 7.11. The van der Waals surface area contributed by atoms with E-state index in [1.807, 2.05) is 0 Å². The maximum absolute atomic E-state index is 12.6. The standard InChI is InChI=1S/C18H17BO7/c1-23-11-7-16(25-3)18-13(20)9-15(26-17(18)8-11)10-4-5-14(24-2)12(6-10)19(21)22/h4-9,21-22H,1-3H3. The molecular weight excluding hydrogens is 339 g/mol. The molecule has 134 valence electrons. The van der Waals surface area contributed by atoms with Crippen LogP contribution in [0.1, 0.15) is 0 Å². The zero-order valence-electron chi connectivity index (χ0n) is 14.5. The van der Waals surface area contributed by atoms with Crippen molar-refractivity contribution < 1.29 is 28.7 Å². The molecule has 2 aromatic carbocycles. The van der Waals surface area contributed by atoms with Crippen LogP contribution in [-0.2, 0) is 0 Å². The molecule has 1 heterocycles. The largest absolute Gasteiger partial charge is 0.497 e.